The van der Waals surface area contributed by atoms with Gasteiger partial charge in [-0.15, -0.1) is 0 Å². The Bertz CT molecular complexity index is 1090. The molecule has 32 heavy (non-hydrogen) atoms. The van der Waals surface area contributed by atoms with Crippen LogP contribution in [0.15, 0.2) is 48.5 Å². The lowest BCUT2D eigenvalue weighted by Crippen LogP contribution is -2.51. The van der Waals surface area contributed by atoms with Crippen LogP contribution in [-0.4, -0.2) is 64.5 Å². The van der Waals surface area contributed by atoms with Crippen molar-refractivity contribution in [2.45, 2.75) is 26.3 Å². The summed E-state index contributed by atoms with van der Waals surface area (Å²) in [6.45, 7) is 8.39. The molecular formula is C26H33N5O. The number of benzene rings is 2. The number of nitrogens with zero attached hydrogens (tertiary/aromatic N) is 5. The predicted octanol–water partition coefficient (Wildman–Crippen LogP) is 3.44. The SMILES string of the molecule is Cc1cccc(N2CCN(C(=O)C3CCN(Cc4nc5ccccc5n4C)CC3)CC2)c1. The first-order valence-corrected chi connectivity index (χ1v) is 11.8. The molecule has 0 spiro atoms. The molecule has 0 bridgehead atoms. The first-order chi connectivity index (χ1) is 15.6. The van der Waals surface area contributed by atoms with Gasteiger partial charge in [-0.2, -0.15) is 0 Å². The van der Waals surface area contributed by atoms with Crippen LogP contribution in [0, 0.1) is 12.8 Å². The molecule has 0 N–H and O–H groups in total. The predicted molar refractivity (Wildman–Crippen MR) is 129 cm³/mol. The van der Waals surface area contributed by atoms with E-state index in [2.05, 4.69) is 75.7 Å². The molecule has 0 unspecified atom stereocenters. The third-order valence-corrected chi connectivity index (χ3v) is 7.14. The van der Waals surface area contributed by atoms with Crippen LogP contribution in [0.2, 0.25) is 0 Å². The second kappa shape index (κ2) is 8.94. The molecule has 0 atom stereocenters. The van der Waals surface area contributed by atoms with E-state index in [1.165, 1.54) is 16.8 Å². The third-order valence-electron chi connectivity index (χ3n) is 7.14. The zero-order valence-corrected chi connectivity index (χ0v) is 19.2. The summed E-state index contributed by atoms with van der Waals surface area (Å²) < 4.78 is 2.19. The van der Waals surface area contributed by atoms with E-state index in [1.807, 2.05) is 6.07 Å². The zero-order chi connectivity index (χ0) is 22.1. The number of fused-ring (bicyclic) bond motifs is 1. The number of imidazole rings is 1. The molecule has 6 heteroatoms. The van der Waals surface area contributed by atoms with Crippen LogP contribution in [0.1, 0.15) is 24.2 Å². The number of amides is 1. The summed E-state index contributed by atoms with van der Waals surface area (Å²) in [5, 5.41) is 0. The van der Waals surface area contributed by atoms with Crippen molar-refractivity contribution in [2.75, 3.05) is 44.2 Å². The lowest BCUT2D eigenvalue weighted by Gasteiger charge is -2.39. The maximum Gasteiger partial charge on any atom is 0.225 e. The van der Waals surface area contributed by atoms with Crippen molar-refractivity contribution >= 4 is 22.6 Å². The minimum Gasteiger partial charge on any atom is -0.368 e. The quantitative estimate of drug-likeness (QED) is 0.635. The molecule has 2 fully saturated rings. The van der Waals surface area contributed by atoms with E-state index in [4.69, 9.17) is 4.98 Å². The van der Waals surface area contributed by atoms with Crippen LogP contribution in [0.25, 0.3) is 11.0 Å². The standard InChI is InChI=1S/C26H33N5O/c1-20-6-5-7-22(18-20)30-14-16-31(17-15-30)26(32)21-10-12-29(13-11-21)19-25-27-23-8-3-4-9-24(23)28(25)2/h3-9,18,21H,10-17,19H2,1-2H3. The third kappa shape index (κ3) is 4.24. The van der Waals surface area contributed by atoms with Gasteiger partial charge in [0.1, 0.15) is 5.82 Å². The van der Waals surface area contributed by atoms with E-state index in [0.29, 0.717) is 5.91 Å². The van der Waals surface area contributed by atoms with Gasteiger partial charge in [-0.1, -0.05) is 24.3 Å². The molecule has 3 aromatic rings. The average molecular weight is 432 g/mol. The summed E-state index contributed by atoms with van der Waals surface area (Å²) in [5.74, 6) is 1.62. The molecule has 0 radical (unpaired) electrons. The number of para-hydroxylation sites is 2. The maximum atomic E-state index is 13.2. The Morgan fingerprint density at radius 1 is 0.969 bits per heavy atom. The minimum absolute atomic E-state index is 0.164. The van der Waals surface area contributed by atoms with E-state index < -0.39 is 0 Å². The number of piperidine rings is 1. The van der Waals surface area contributed by atoms with E-state index in [9.17, 15) is 4.79 Å². The number of aromatic nitrogens is 2. The first kappa shape index (κ1) is 21.0. The molecular weight excluding hydrogens is 398 g/mol. The fourth-order valence-corrected chi connectivity index (χ4v) is 5.14. The number of likely N-dealkylation sites (tertiary alicyclic amines) is 1. The van der Waals surface area contributed by atoms with Crippen molar-refractivity contribution in [1.29, 1.82) is 0 Å². The number of piperazine rings is 1. The number of rotatable bonds is 4. The van der Waals surface area contributed by atoms with Crippen LogP contribution >= 0.6 is 0 Å². The smallest absolute Gasteiger partial charge is 0.225 e. The van der Waals surface area contributed by atoms with E-state index in [0.717, 1.165) is 70.0 Å². The summed E-state index contributed by atoms with van der Waals surface area (Å²) in [4.78, 5) is 24.9. The summed E-state index contributed by atoms with van der Waals surface area (Å²) in [5.41, 5.74) is 4.79. The summed E-state index contributed by atoms with van der Waals surface area (Å²) in [6, 6.07) is 16.9. The van der Waals surface area contributed by atoms with Crippen LogP contribution in [0.3, 0.4) is 0 Å². The summed E-state index contributed by atoms with van der Waals surface area (Å²) in [6.07, 6.45) is 1.89. The number of hydrogen-bond donors (Lipinski definition) is 0. The van der Waals surface area contributed by atoms with Crippen LogP contribution < -0.4 is 4.90 Å². The molecule has 1 amide bonds. The Morgan fingerprint density at radius 3 is 2.44 bits per heavy atom. The highest BCUT2D eigenvalue weighted by Crippen LogP contribution is 2.24. The maximum absolute atomic E-state index is 13.2. The van der Waals surface area contributed by atoms with Crippen LogP contribution in [0.5, 0.6) is 0 Å². The van der Waals surface area contributed by atoms with E-state index in [-0.39, 0.29) is 5.92 Å². The van der Waals surface area contributed by atoms with Gasteiger partial charge in [0, 0.05) is 44.8 Å². The highest BCUT2D eigenvalue weighted by atomic mass is 16.2. The Hall–Kier alpha value is -2.86. The van der Waals surface area contributed by atoms with Crippen LogP contribution in [-0.2, 0) is 18.4 Å². The Balaban J connectivity index is 1.13. The van der Waals surface area contributed by atoms with Gasteiger partial charge >= 0.3 is 0 Å². The first-order valence-electron chi connectivity index (χ1n) is 11.8. The van der Waals surface area contributed by atoms with Gasteiger partial charge in [0.2, 0.25) is 5.91 Å². The molecule has 2 saturated heterocycles. The normalized spacial score (nSPS) is 18.4. The van der Waals surface area contributed by atoms with Gasteiger partial charge in [0.15, 0.2) is 0 Å². The van der Waals surface area contributed by atoms with Crippen molar-refractivity contribution < 1.29 is 4.79 Å². The van der Waals surface area contributed by atoms with Gasteiger partial charge in [-0.05, 0) is 62.7 Å². The van der Waals surface area contributed by atoms with Crippen LogP contribution in [0.4, 0.5) is 5.69 Å². The number of carbonyl (C=O) groups excluding carboxylic acids is 1. The molecule has 5 rings (SSSR count). The monoisotopic (exact) mass is 431 g/mol. The van der Waals surface area contributed by atoms with Crippen molar-refractivity contribution in [2.24, 2.45) is 13.0 Å². The summed E-state index contributed by atoms with van der Waals surface area (Å²) >= 11 is 0. The Labute approximate surface area is 190 Å². The van der Waals surface area contributed by atoms with Crippen molar-refractivity contribution in [1.82, 2.24) is 19.4 Å². The largest absolute Gasteiger partial charge is 0.368 e. The fourth-order valence-electron chi connectivity index (χ4n) is 5.14. The topological polar surface area (TPSA) is 44.6 Å². The molecule has 168 valence electrons. The Kier molecular flexibility index (Phi) is 5.87. The van der Waals surface area contributed by atoms with Crippen molar-refractivity contribution in [3.63, 3.8) is 0 Å². The molecule has 2 aliphatic heterocycles. The highest BCUT2D eigenvalue weighted by Gasteiger charge is 2.30. The van der Waals surface area contributed by atoms with Crippen molar-refractivity contribution in [3.8, 4) is 0 Å². The average Bonchev–Trinajstić information content (AvgIpc) is 3.14. The highest BCUT2D eigenvalue weighted by molar-refractivity contribution is 5.79. The van der Waals surface area contributed by atoms with Crippen molar-refractivity contribution in [3.05, 3.63) is 59.9 Å². The number of anilines is 1. The Morgan fingerprint density at radius 2 is 1.72 bits per heavy atom. The summed E-state index contributed by atoms with van der Waals surface area (Å²) in [7, 11) is 2.09. The molecule has 0 aliphatic carbocycles. The minimum atomic E-state index is 0.164. The zero-order valence-electron chi connectivity index (χ0n) is 19.2. The van der Waals surface area contributed by atoms with Gasteiger partial charge in [-0.25, -0.2) is 4.98 Å². The molecule has 1 aromatic heterocycles. The second-order valence-electron chi connectivity index (χ2n) is 9.28. The molecule has 0 saturated carbocycles. The molecule has 2 aliphatic rings. The van der Waals surface area contributed by atoms with E-state index in [1.54, 1.807) is 0 Å². The van der Waals surface area contributed by atoms with E-state index >= 15 is 0 Å². The lowest BCUT2D eigenvalue weighted by molar-refractivity contribution is -0.137. The lowest BCUT2D eigenvalue weighted by atomic mass is 9.95. The fraction of sp³-hybridized carbons (Fsp3) is 0.462. The second-order valence-corrected chi connectivity index (χ2v) is 9.28. The molecule has 3 heterocycles. The number of hydrogen-bond acceptors (Lipinski definition) is 4. The van der Waals surface area contributed by atoms with Gasteiger partial charge in [-0.3, -0.25) is 9.69 Å². The molecule has 2 aromatic carbocycles. The number of carbonyl (C=O) groups is 1. The van der Waals surface area contributed by atoms with Gasteiger partial charge < -0.3 is 14.4 Å². The molecule has 6 nitrogen and oxygen atoms in total. The number of aryl methyl sites for hydroxylation is 2. The van der Waals surface area contributed by atoms with Gasteiger partial charge in [0.25, 0.3) is 0 Å². The van der Waals surface area contributed by atoms with Gasteiger partial charge in [0.05, 0.1) is 17.6 Å².